The monoisotopic (exact) mass is 292 g/mol. The molecule has 1 amide bonds. The highest BCUT2D eigenvalue weighted by Crippen LogP contribution is 2.17. The summed E-state index contributed by atoms with van der Waals surface area (Å²) in [6, 6.07) is 3.76. The Morgan fingerprint density at radius 1 is 1.38 bits per heavy atom. The van der Waals surface area contributed by atoms with Crippen molar-refractivity contribution in [1.82, 2.24) is 9.88 Å². The zero-order valence-electron chi connectivity index (χ0n) is 12.8. The van der Waals surface area contributed by atoms with Crippen LogP contribution in [0.5, 0.6) is 0 Å². The maximum atomic E-state index is 12.1. The maximum Gasteiger partial charge on any atom is 0.227 e. The fraction of sp³-hybridized carbons (Fsp3) is 0.600. The molecule has 1 aliphatic heterocycles. The average Bonchev–Trinajstić information content (AvgIpc) is 2.49. The standard InChI is InChI=1S/C15H24N4O2/c1-19(2)8-7-16-14-4-3-13(11-17-14)18-15(20)12-5-9-21-10-6-12/h3-4,11-12H,5-10H2,1-2H3,(H,16,17)(H,18,20). The number of carbonyl (C=O) groups is 1. The summed E-state index contributed by atoms with van der Waals surface area (Å²) in [6.07, 6.45) is 3.28. The molecule has 0 aliphatic carbocycles. The Bertz CT molecular complexity index is 441. The molecule has 0 spiro atoms. The van der Waals surface area contributed by atoms with Gasteiger partial charge in [-0.15, -0.1) is 0 Å². The highest BCUT2D eigenvalue weighted by atomic mass is 16.5. The van der Waals surface area contributed by atoms with Gasteiger partial charge in [-0.2, -0.15) is 0 Å². The van der Waals surface area contributed by atoms with Gasteiger partial charge >= 0.3 is 0 Å². The Morgan fingerprint density at radius 3 is 2.76 bits per heavy atom. The van der Waals surface area contributed by atoms with Crippen LogP contribution in [0.3, 0.4) is 0 Å². The maximum absolute atomic E-state index is 12.1. The van der Waals surface area contributed by atoms with Crippen LogP contribution in [-0.4, -0.2) is 56.2 Å². The van der Waals surface area contributed by atoms with Crippen LogP contribution >= 0.6 is 0 Å². The lowest BCUT2D eigenvalue weighted by Gasteiger charge is -2.21. The number of rotatable bonds is 6. The van der Waals surface area contributed by atoms with Gasteiger partial charge in [-0.05, 0) is 39.1 Å². The first-order valence-electron chi connectivity index (χ1n) is 7.38. The third-order valence-electron chi connectivity index (χ3n) is 3.49. The van der Waals surface area contributed by atoms with Crippen molar-refractivity contribution in [3.63, 3.8) is 0 Å². The molecule has 1 aromatic heterocycles. The van der Waals surface area contributed by atoms with E-state index in [0.717, 1.165) is 37.4 Å². The molecule has 1 aromatic rings. The van der Waals surface area contributed by atoms with Crippen molar-refractivity contribution in [2.24, 2.45) is 5.92 Å². The molecule has 0 aromatic carbocycles. The molecular weight excluding hydrogens is 268 g/mol. The normalized spacial score (nSPS) is 16.0. The predicted molar refractivity (Wildman–Crippen MR) is 83.5 cm³/mol. The summed E-state index contributed by atoms with van der Waals surface area (Å²) >= 11 is 0. The summed E-state index contributed by atoms with van der Waals surface area (Å²) in [5, 5.41) is 6.16. The fourth-order valence-corrected chi connectivity index (χ4v) is 2.18. The number of hydrogen-bond donors (Lipinski definition) is 2. The Balaban J connectivity index is 1.80. The Kier molecular flexibility index (Phi) is 5.95. The quantitative estimate of drug-likeness (QED) is 0.830. The molecule has 1 saturated heterocycles. The van der Waals surface area contributed by atoms with Crippen LogP contribution in [0.25, 0.3) is 0 Å². The molecule has 116 valence electrons. The van der Waals surface area contributed by atoms with Crippen LogP contribution in [0.15, 0.2) is 18.3 Å². The highest BCUT2D eigenvalue weighted by Gasteiger charge is 2.21. The summed E-state index contributed by atoms with van der Waals surface area (Å²) in [6.45, 7) is 3.13. The Morgan fingerprint density at radius 2 is 2.14 bits per heavy atom. The minimum Gasteiger partial charge on any atom is -0.381 e. The van der Waals surface area contributed by atoms with Crippen molar-refractivity contribution in [2.45, 2.75) is 12.8 Å². The largest absolute Gasteiger partial charge is 0.381 e. The number of aromatic nitrogens is 1. The second kappa shape index (κ2) is 7.95. The lowest BCUT2D eigenvalue weighted by molar-refractivity contribution is -0.122. The van der Waals surface area contributed by atoms with Crippen LogP contribution < -0.4 is 10.6 Å². The van der Waals surface area contributed by atoms with Crippen molar-refractivity contribution in [1.29, 1.82) is 0 Å². The average molecular weight is 292 g/mol. The van der Waals surface area contributed by atoms with Crippen LogP contribution in [0, 0.1) is 5.92 Å². The molecule has 1 fully saturated rings. The number of pyridine rings is 1. The first-order chi connectivity index (χ1) is 10.1. The lowest BCUT2D eigenvalue weighted by atomic mass is 9.99. The van der Waals surface area contributed by atoms with Gasteiger partial charge in [-0.1, -0.05) is 0 Å². The molecule has 2 rings (SSSR count). The van der Waals surface area contributed by atoms with Gasteiger partial charge < -0.3 is 20.3 Å². The minimum atomic E-state index is 0.0524. The molecular formula is C15H24N4O2. The third kappa shape index (κ3) is 5.32. The molecule has 2 N–H and O–H groups in total. The van der Waals surface area contributed by atoms with Gasteiger partial charge in [0.15, 0.2) is 0 Å². The van der Waals surface area contributed by atoms with E-state index in [2.05, 4.69) is 20.5 Å². The summed E-state index contributed by atoms with van der Waals surface area (Å²) in [5.74, 6) is 0.936. The Labute approximate surface area is 125 Å². The van der Waals surface area contributed by atoms with Gasteiger partial charge in [0, 0.05) is 32.2 Å². The molecule has 6 nitrogen and oxygen atoms in total. The second-order valence-corrected chi connectivity index (χ2v) is 5.54. The van der Waals surface area contributed by atoms with Crippen molar-refractivity contribution in [3.05, 3.63) is 18.3 Å². The summed E-state index contributed by atoms with van der Waals surface area (Å²) in [7, 11) is 4.06. The van der Waals surface area contributed by atoms with Crippen molar-refractivity contribution in [2.75, 3.05) is 51.0 Å². The van der Waals surface area contributed by atoms with Crippen LogP contribution in [-0.2, 0) is 9.53 Å². The predicted octanol–water partition coefficient (Wildman–Crippen LogP) is 1.42. The van der Waals surface area contributed by atoms with Crippen LogP contribution in [0.2, 0.25) is 0 Å². The smallest absolute Gasteiger partial charge is 0.227 e. The van der Waals surface area contributed by atoms with E-state index in [-0.39, 0.29) is 11.8 Å². The van der Waals surface area contributed by atoms with E-state index in [4.69, 9.17) is 4.74 Å². The number of amides is 1. The summed E-state index contributed by atoms with van der Waals surface area (Å²) in [4.78, 5) is 18.5. The van der Waals surface area contributed by atoms with Crippen molar-refractivity contribution in [3.8, 4) is 0 Å². The van der Waals surface area contributed by atoms with Gasteiger partial charge in [0.2, 0.25) is 5.91 Å². The number of nitrogens with one attached hydrogen (secondary N) is 2. The van der Waals surface area contributed by atoms with Crippen molar-refractivity contribution >= 4 is 17.4 Å². The molecule has 6 heteroatoms. The van der Waals surface area contributed by atoms with E-state index in [1.165, 1.54) is 0 Å². The van der Waals surface area contributed by atoms with Gasteiger partial charge in [0.25, 0.3) is 0 Å². The second-order valence-electron chi connectivity index (χ2n) is 5.54. The molecule has 1 aliphatic rings. The van der Waals surface area contributed by atoms with E-state index >= 15 is 0 Å². The van der Waals surface area contributed by atoms with E-state index in [1.54, 1.807) is 6.20 Å². The van der Waals surface area contributed by atoms with Gasteiger partial charge in [-0.25, -0.2) is 4.98 Å². The number of nitrogens with zero attached hydrogens (tertiary/aromatic N) is 2. The number of ether oxygens (including phenoxy) is 1. The first kappa shape index (κ1) is 15.7. The van der Waals surface area contributed by atoms with E-state index in [9.17, 15) is 4.79 Å². The lowest BCUT2D eigenvalue weighted by Crippen LogP contribution is -2.28. The first-order valence-corrected chi connectivity index (χ1v) is 7.38. The molecule has 0 atom stereocenters. The van der Waals surface area contributed by atoms with E-state index < -0.39 is 0 Å². The zero-order valence-corrected chi connectivity index (χ0v) is 12.8. The minimum absolute atomic E-state index is 0.0524. The molecule has 0 radical (unpaired) electrons. The molecule has 0 bridgehead atoms. The van der Waals surface area contributed by atoms with Gasteiger partial charge in [0.1, 0.15) is 5.82 Å². The van der Waals surface area contributed by atoms with Gasteiger partial charge in [0.05, 0.1) is 11.9 Å². The van der Waals surface area contributed by atoms with E-state index in [0.29, 0.717) is 13.2 Å². The third-order valence-corrected chi connectivity index (χ3v) is 3.49. The number of likely N-dealkylation sites (N-methyl/N-ethyl adjacent to an activating group) is 1. The van der Waals surface area contributed by atoms with Crippen LogP contribution in [0.1, 0.15) is 12.8 Å². The summed E-state index contributed by atoms with van der Waals surface area (Å²) in [5.41, 5.74) is 0.740. The number of carbonyl (C=O) groups excluding carboxylic acids is 1. The molecule has 0 unspecified atom stereocenters. The van der Waals surface area contributed by atoms with E-state index in [1.807, 2.05) is 26.2 Å². The molecule has 0 saturated carbocycles. The van der Waals surface area contributed by atoms with Crippen LogP contribution in [0.4, 0.5) is 11.5 Å². The molecule has 2 heterocycles. The zero-order chi connectivity index (χ0) is 15.1. The highest BCUT2D eigenvalue weighted by molar-refractivity contribution is 5.92. The fourth-order valence-electron chi connectivity index (χ4n) is 2.18. The van der Waals surface area contributed by atoms with Crippen molar-refractivity contribution < 1.29 is 9.53 Å². The number of hydrogen-bond acceptors (Lipinski definition) is 5. The molecule has 21 heavy (non-hydrogen) atoms. The topological polar surface area (TPSA) is 66.5 Å². The SMILES string of the molecule is CN(C)CCNc1ccc(NC(=O)C2CCOCC2)cn1. The van der Waals surface area contributed by atoms with Gasteiger partial charge in [-0.3, -0.25) is 4.79 Å². The number of anilines is 2. The Hall–Kier alpha value is -1.66. The summed E-state index contributed by atoms with van der Waals surface area (Å²) < 4.78 is 5.27.